The fourth-order valence-electron chi connectivity index (χ4n) is 3.08. The lowest BCUT2D eigenvalue weighted by atomic mass is 10.0. The van der Waals surface area contributed by atoms with Crippen molar-refractivity contribution in [2.75, 3.05) is 13.1 Å². The number of nitrogens with one attached hydrogen (secondary N) is 1. The van der Waals surface area contributed by atoms with Gasteiger partial charge in [-0.1, -0.05) is 35.9 Å². The number of rotatable bonds is 4. The second-order valence-corrected chi connectivity index (χ2v) is 8.73. The molecule has 0 radical (unpaired) electrons. The van der Waals surface area contributed by atoms with E-state index in [1.165, 1.54) is 15.3 Å². The summed E-state index contributed by atoms with van der Waals surface area (Å²) in [5.41, 5.74) is 5.12. The third-order valence-corrected chi connectivity index (χ3v) is 6.26. The average Bonchev–Trinajstić information content (AvgIpc) is 2.95. The van der Waals surface area contributed by atoms with Crippen LogP contribution in [-0.4, -0.2) is 35.8 Å². The molecule has 0 aliphatic carbocycles. The molecule has 26 heavy (non-hydrogen) atoms. The molecule has 0 amide bonds. The molecule has 1 saturated heterocycles. The Balaban J connectivity index is 1.44. The van der Waals surface area contributed by atoms with Crippen molar-refractivity contribution in [3.05, 3.63) is 70.4 Å². The molecular weight excluding hydrogens is 346 g/mol. The molecule has 1 fully saturated rings. The summed E-state index contributed by atoms with van der Waals surface area (Å²) >= 11 is 0. The van der Waals surface area contributed by atoms with Gasteiger partial charge in [-0.15, -0.1) is 0 Å². The Labute approximate surface area is 153 Å². The van der Waals surface area contributed by atoms with Crippen molar-refractivity contribution in [2.24, 2.45) is 0 Å². The number of imidazole rings is 1. The standard InChI is InChI=1S/C20H21N3O2S/c1-14-3-6-16(7-4-14)9-10-26(24,25)23-12-17(13-23)20-21-18-8-5-15(2)11-19(18)22-20/h3-11,17H,12-13H2,1-2H3,(H,21,22). The number of hydrogen-bond donors (Lipinski definition) is 1. The topological polar surface area (TPSA) is 66.1 Å². The predicted octanol–water partition coefficient (Wildman–Crippen LogP) is 3.58. The highest BCUT2D eigenvalue weighted by atomic mass is 32.2. The largest absolute Gasteiger partial charge is 0.342 e. The first kappa shape index (κ1) is 17.0. The lowest BCUT2D eigenvalue weighted by molar-refractivity contribution is 0.260. The van der Waals surface area contributed by atoms with E-state index in [9.17, 15) is 8.42 Å². The Morgan fingerprint density at radius 3 is 2.50 bits per heavy atom. The minimum absolute atomic E-state index is 0.116. The van der Waals surface area contributed by atoms with Gasteiger partial charge < -0.3 is 4.98 Å². The maximum Gasteiger partial charge on any atom is 0.236 e. The van der Waals surface area contributed by atoms with E-state index < -0.39 is 10.0 Å². The van der Waals surface area contributed by atoms with Crippen molar-refractivity contribution in [1.82, 2.24) is 14.3 Å². The summed E-state index contributed by atoms with van der Waals surface area (Å²) in [7, 11) is -3.40. The molecule has 3 aromatic rings. The van der Waals surface area contributed by atoms with Gasteiger partial charge in [-0.25, -0.2) is 13.4 Å². The molecule has 6 heteroatoms. The number of H-pyrrole nitrogens is 1. The number of hydrogen-bond acceptors (Lipinski definition) is 3. The highest BCUT2D eigenvalue weighted by molar-refractivity contribution is 7.92. The molecule has 0 spiro atoms. The summed E-state index contributed by atoms with van der Waals surface area (Å²) in [6, 6.07) is 13.8. The fraction of sp³-hybridized carbons (Fsp3) is 0.250. The third-order valence-electron chi connectivity index (χ3n) is 4.76. The zero-order valence-corrected chi connectivity index (χ0v) is 15.6. The first-order chi connectivity index (χ1) is 12.4. The van der Waals surface area contributed by atoms with E-state index in [0.717, 1.165) is 28.0 Å². The van der Waals surface area contributed by atoms with Gasteiger partial charge in [0, 0.05) is 24.4 Å². The van der Waals surface area contributed by atoms with Gasteiger partial charge in [0.2, 0.25) is 10.0 Å². The summed E-state index contributed by atoms with van der Waals surface area (Å²) in [6.45, 7) is 4.96. The van der Waals surface area contributed by atoms with E-state index in [4.69, 9.17) is 0 Å². The maximum atomic E-state index is 12.5. The predicted molar refractivity (Wildman–Crippen MR) is 104 cm³/mol. The first-order valence-electron chi connectivity index (χ1n) is 8.62. The molecule has 4 rings (SSSR count). The zero-order chi connectivity index (χ0) is 18.3. The Bertz CT molecular complexity index is 1080. The van der Waals surface area contributed by atoms with E-state index in [1.54, 1.807) is 6.08 Å². The highest BCUT2D eigenvalue weighted by Gasteiger charge is 2.37. The Morgan fingerprint density at radius 2 is 1.77 bits per heavy atom. The average molecular weight is 367 g/mol. The van der Waals surface area contributed by atoms with Gasteiger partial charge in [-0.05, 0) is 43.2 Å². The number of nitrogens with zero attached hydrogens (tertiary/aromatic N) is 2. The van der Waals surface area contributed by atoms with Crippen LogP contribution in [-0.2, 0) is 10.0 Å². The molecule has 1 N–H and O–H groups in total. The molecule has 1 aliphatic heterocycles. The van der Waals surface area contributed by atoms with Gasteiger partial charge >= 0.3 is 0 Å². The first-order valence-corrected chi connectivity index (χ1v) is 10.1. The monoisotopic (exact) mass is 367 g/mol. The summed E-state index contributed by atoms with van der Waals surface area (Å²) in [5.74, 6) is 0.977. The molecule has 0 saturated carbocycles. The second-order valence-electron chi connectivity index (χ2n) is 6.91. The van der Waals surface area contributed by atoms with Crippen LogP contribution < -0.4 is 0 Å². The molecule has 0 unspecified atom stereocenters. The normalized spacial score (nSPS) is 16.4. The SMILES string of the molecule is Cc1ccc(C=CS(=O)(=O)N2CC(c3nc4ccc(C)cc4[nH]3)C2)cc1. The maximum absolute atomic E-state index is 12.5. The molecule has 134 valence electrons. The Morgan fingerprint density at radius 1 is 1.08 bits per heavy atom. The van der Waals surface area contributed by atoms with Crippen LogP contribution in [0.15, 0.2) is 47.9 Å². The van der Waals surface area contributed by atoms with E-state index in [1.807, 2.05) is 50.2 Å². The number of sulfonamides is 1. The number of aromatic amines is 1. The van der Waals surface area contributed by atoms with Gasteiger partial charge in [0.05, 0.1) is 11.0 Å². The quantitative estimate of drug-likeness (QED) is 0.766. The van der Waals surface area contributed by atoms with Gasteiger partial charge in [0.25, 0.3) is 0 Å². The molecule has 1 aliphatic rings. The molecule has 0 bridgehead atoms. The number of benzene rings is 2. The Hall–Kier alpha value is -2.44. The van der Waals surface area contributed by atoms with Crippen molar-refractivity contribution < 1.29 is 8.42 Å². The molecule has 5 nitrogen and oxygen atoms in total. The van der Waals surface area contributed by atoms with Crippen LogP contribution in [0.3, 0.4) is 0 Å². The van der Waals surface area contributed by atoms with Crippen LogP contribution in [0, 0.1) is 13.8 Å². The van der Waals surface area contributed by atoms with Crippen molar-refractivity contribution >= 4 is 27.1 Å². The van der Waals surface area contributed by atoms with Crippen molar-refractivity contribution in [3.63, 3.8) is 0 Å². The van der Waals surface area contributed by atoms with Crippen LogP contribution in [0.4, 0.5) is 0 Å². The van der Waals surface area contributed by atoms with Crippen LogP contribution in [0.2, 0.25) is 0 Å². The van der Waals surface area contributed by atoms with Crippen LogP contribution in [0.25, 0.3) is 17.1 Å². The second kappa shape index (κ2) is 6.37. The summed E-state index contributed by atoms with van der Waals surface area (Å²) in [5, 5.41) is 1.29. The lowest BCUT2D eigenvalue weighted by Gasteiger charge is -2.35. The van der Waals surface area contributed by atoms with Gasteiger partial charge in [-0.3, -0.25) is 0 Å². The summed E-state index contributed by atoms with van der Waals surface area (Å²) < 4.78 is 26.4. The van der Waals surface area contributed by atoms with Crippen LogP contribution >= 0.6 is 0 Å². The van der Waals surface area contributed by atoms with Gasteiger partial charge in [0.15, 0.2) is 0 Å². The fourth-order valence-corrected chi connectivity index (χ4v) is 4.36. The highest BCUT2D eigenvalue weighted by Crippen LogP contribution is 2.29. The van der Waals surface area contributed by atoms with Gasteiger partial charge in [0.1, 0.15) is 5.82 Å². The molecular formula is C20H21N3O2S. The Kier molecular flexibility index (Phi) is 4.17. The van der Waals surface area contributed by atoms with E-state index >= 15 is 0 Å². The lowest BCUT2D eigenvalue weighted by Crippen LogP contribution is -2.47. The van der Waals surface area contributed by atoms with Crippen molar-refractivity contribution in [2.45, 2.75) is 19.8 Å². The minimum atomic E-state index is -3.40. The van der Waals surface area contributed by atoms with Crippen molar-refractivity contribution in [1.29, 1.82) is 0 Å². The van der Waals surface area contributed by atoms with Crippen LogP contribution in [0.1, 0.15) is 28.4 Å². The number of aromatic nitrogens is 2. The molecule has 2 aromatic carbocycles. The zero-order valence-electron chi connectivity index (χ0n) is 14.8. The minimum Gasteiger partial charge on any atom is -0.342 e. The molecule has 1 aromatic heterocycles. The summed E-state index contributed by atoms with van der Waals surface area (Å²) in [4.78, 5) is 7.92. The van der Waals surface area contributed by atoms with E-state index in [0.29, 0.717) is 13.1 Å². The van der Waals surface area contributed by atoms with Gasteiger partial charge in [-0.2, -0.15) is 4.31 Å². The van der Waals surface area contributed by atoms with E-state index in [-0.39, 0.29) is 5.92 Å². The van der Waals surface area contributed by atoms with Crippen molar-refractivity contribution in [3.8, 4) is 0 Å². The van der Waals surface area contributed by atoms with Crippen LogP contribution in [0.5, 0.6) is 0 Å². The van der Waals surface area contributed by atoms with E-state index in [2.05, 4.69) is 16.0 Å². The smallest absolute Gasteiger partial charge is 0.236 e. The molecule has 0 atom stereocenters. The molecule has 2 heterocycles. The third kappa shape index (κ3) is 3.30. The number of aryl methyl sites for hydroxylation is 2. The number of fused-ring (bicyclic) bond motifs is 1. The summed E-state index contributed by atoms with van der Waals surface area (Å²) in [6.07, 6.45) is 1.64.